The second-order valence-electron chi connectivity index (χ2n) is 7.62. The summed E-state index contributed by atoms with van der Waals surface area (Å²) < 4.78 is 4.89. The highest BCUT2D eigenvalue weighted by molar-refractivity contribution is 7.80. The van der Waals surface area contributed by atoms with Crippen molar-refractivity contribution < 1.29 is 9.53 Å². The summed E-state index contributed by atoms with van der Waals surface area (Å²) in [6, 6.07) is 18.9. The number of fused-ring (bicyclic) bond motifs is 1. The molecule has 6 nitrogen and oxygen atoms in total. The van der Waals surface area contributed by atoms with E-state index in [9.17, 15) is 9.59 Å². The van der Waals surface area contributed by atoms with E-state index in [1.807, 2.05) is 59.7 Å². The van der Waals surface area contributed by atoms with E-state index in [0.29, 0.717) is 35.0 Å². The van der Waals surface area contributed by atoms with Crippen molar-refractivity contribution in [2.45, 2.75) is 20.0 Å². The van der Waals surface area contributed by atoms with E-state index in [1.54, 1.807) is 29.5 Å². The summed E-state index contributed by atoms with van der Waals surface area (Å²) in [5.41, 5.74) is 3.31. The van der Waals surface area contributed by atoms with Crippen LogP contribution in [0.4, 0.5) is 5.69 Å². The fourth-order valence-corrected chi connectivity index (χ4v) is 4.52. The van der Waals surface area contributed by atoms with Crippen molar-refractivity contribution in [3.05, 3.63) is 98.0 Å². The average Bonchev–Trinajstić information content (AvgIpc) is 3.32. The van der Waals surface area contributed by atoms with Gasteiger partial charge < -0.3 is 19.9 Å². The molecule has 0 unspecified atom stereocenters. The summed E-state index contributed by atoms with van der Waals surface area (Å²) in [5, 5.41) is 6.55. The van der Waals surface area contributed by atoms with E-state index in [1.165, 1.54) is 7.11 Å². The number of nitrogens with one attached hydrogen (secondary N) is 2. The van der Waals surface area contributed by atoms with E-state index < -0.39 is 5.97 Å². The highest BCUT2D eigenvalue weighted by Crippen LogP contribution is 2.20. The first kappa shape index (κ1) is 22.7. The van der Waals surface area contributed by atoms with Crippen molar-refractivity contribution in [1.29, 1.82) is 0 Å². The minimum atomic E-state index is -0.452. The Morgan fingerprint density at radius 1 is 1.12 bits per heavy atom. The number of rotatable bonds is 6. The Bertz CT molecular complexity index is 1360. The first-order valence-electron chi connectivity index (χ1n) is 10.3. The number of H-pyrrole nitrogens is 1. The van der Waals surface area contributed by atoms with Gasteiger partial charge in [0.15, 0.2) is 5.11 Å². The van der Waals surface area contributed by atoms with Crippen molar-refractivity contribution in [2.24, 2.45) is 0 Å². The lowest BCUT2D eigenvalue weighted by atomic mass is 10.1. The zero-order valence-electron chi connectivity index (χ0n) is 18.3. The standard InChI is InChI=1S/C25H23N3O3S2/c1-16-9-10-21-17(12-16)13-18(23(29)26-21)14-28(15-19-6-5-11-33-19)25(32)27-22-8-4-3-7-20(22)24(30)31-2/h3-13H,14-15H2,1-2H3,(H,26,29)(H,27,32). The maximum atomic E-state index is 12.8. The molecule has 0 saturated heterocycles. The number of aromatic nitrogens is 1. The number of benzene rings is 2. The maximum absolute atomic E-state index is 12.8. The summed E-state index contributed by atoms with van der Waals surface area (Å²) in [4.78, 5) is 31.0. The van der Waals surface area contributed by atoms with Crippen LogP contribution in [0.1, 0.15) is 26.4 Å². The highest BCUT2D eigenvalue weighted by atomic mass is 32.1. The van der Waals surface area contributed by atoms with E-state index in [0.717, 1.165) is 21.3 Å². The number of ether oxygens (including phenoxy) is 1. The number of hydrogen-bond donors (Lipinski definition) is 2. The molecule has 0 fully saturated rings. The minimum Gasteiger partial charge on any atom is -0.465 e. The molecule has 33 heavy (non-hydrogen) atoms. The molecule has 0 amide bonds. The lowest BCUT2D eigenvalue weighted by Gasteiger charge is -2.26. The number of thiocarbonyl (C=S) groups is 1. The molecule has 0 spiro atoms. The zero-order chi connectivity index (χ0) is 23.4. The third-order valence-electron chi connectivity index (χ3n) is 5.23. The Hall–Kier alpha value is -3.49. The number of aryl methyl sites for hydroxylation is 1. The van der Waals surface area contributed by atoms with E-state index in [-0.39, 0.29) is 5.56 Å². The molecule has 4 aromatic rings. The number of carbonyl (C=O) groups is 1. The Morgan fingerprint density at radius 3 is 2.70 bits per heavy atom. The number of thiophene rings is 1. The molecule has 2 heterocycles. The largest absolute Gasteiger partial charge is 0.465 e. The van der Waals surface area contributed by atoms with Gasteiger partial charge in [0.2, 0.25) is 0 Å². The van der Waals surface area contributed by atoms with Crippen LogP contribution in [0.3, 0.4) is 0 Å². The van der Waals surface area contributed by atoms with Crippen molar-refractivity contribution >= 4 is 51.2 Å². The number of carbonyl (C=O) groups excluding carboxylic acids is 1. The molecule has 168 valence electrons. The van der Waals surface area contributed by atoms with Crippen molar-refractivity contribution in [1.82, 2.24) is 9.88 Å². The van der Waals surface area contributed by atoms with Gasteiger partial charge in [-0.2, -0.15) is 0 Å². The molecule has 2 N–H and O–H groups in total. The van der Waals surface area contributed by atoms with Crippen LogP contribution in [-0.4, -0.2) is 28.1 Å². The number of pyridine rings is 1. The molecule has 0 aliphatic carbocycles. The van der Waals surface area contributed by atoms with Gasteiger partial charge in [-0.05, 0) is 66.3 Å². The van der Waals surface area contributed by atoms with Gasteiger partial charge in [-0.25, -0.2) is 4.79 Å². The van der Waals surface area contributed by atoms with Crippen LogP contribution in [0.25, 0.3) is 10.9 Å². The number of methoxy groups -OCH3 is 1. The first-order chi connectivity index (χ1) is 15.9. The number of hydrogen-bond acceptors (Lipinski definition) is 5. The maximum Gasteiger partial charge on any atom is 0.339 e. The van der Waals surface area contributed by atoms with Crippen LogP contribution in [0, 0.1) is 6.92 Å². The van der Waals surface area contributed by atoms with Gasteiger partial charge in [-0.15, -0.1) is 11.3 Å². The summed E-state index contributed by atoms with van der Waals surface area (Å²) >= 11 is 7.34. The lowest BCUT2D eigenvalue weighted by molar-refractivity contribution is 0.0602. The molecule has 2 aromatic carbocycles. The highest BCUT2D eigenvalue weighted by Gasteiger charge is 2.18. The summed E-state index contributed by atoms with van der Waals surface area (Å²) in [7, 11) is 1.34. The van der Waals surface area contributed by atoms with Gasteiger partial charge in [0.25, 0.3) is 5.56 Å². The molecule has 0 saturated carbocycles. The van der Waals surface area contributed by atoms with Gasteiger partial charge in [0.05, 0.1) is 31.5 Å². The SMILES string of the molecule is COC(=O)c1ccccc1NC(=S)N(Cc1cccs1)Cc1cc2cc(C)ccc2[nH]c1=O. The second kappa shape index (κ2) is 9.97. The van der Waals surface area contributed by atoms with Crippen LogP contribution in [0.15, 0.2) is 70.8 Å². The summed E-state index contributed by atoms with van der Waals surface area (Å²) in [6.07, 6.45) is 0. The quantitative estimate of drug-likeness (QED) is 0.298. The van der Waals surface area contributed by atoms with E-state index in [4.69, 9.17) is 17.0 Å². The summed E-state index contributed by atoms with van der Waals surface area (Å²) in [6.45, 7) is 2.85. The van der Waals surface area contributed by atoms with Gasteiger partial charge in [0, 0.05) is 16.0 Å². The van der Waals surface area contributed by atoms with Gasteiger partial charge >= 0.3 is 5.97 Å². The lowest BCUT2D eigenvalue weighted by Crippen LogP contribution is -2.35. The number of nitrogens with zero attached hydrogens (tertiary/aromatic N) is 1. The average molecular weight is 478 g/mol. The van der Waals surface area contributed by atoms with Crippen LogP contribution < -0.4 is 10.9 Å². The Kier molecular flexibility index (Phi) is 6.86. The van der Waals surface area contributed by atoms with Crippen LogP contribution >= 0.6 is 23.6 Å². The molecule has 2 aromatic heterocycles. The van der Waals surface area contributed by atoms with E-state index >= 15 is 0 Å². The van der Waals surface area contributed by atoms with Crippen molar-refractivity contribution in [2.75, 3.05) is 12.4 Å². The molecule has 0 aliphatic heterocycles. The van der Waals surface area contributed by atoms with Gasteiger partial charge in [-0.3, -0.25) is 4.79 Å². The number of anilines is 1. The fraction of sp³-hybridized carbons (Fsp3) is 0.160. The van der Waals surface area contributed by atoms with Gasteiger partial charge in [0.1, 0.15) is 0 Å². The van der Waals surface area contributed by atoms with Crippen LogP contribution in [-0.2, 0) is 17.8 Å². The van der Waals surface area contributed by atoms with E-state index in [2.05, 4.69) is 10.3 Å². The Balaban J connectivity index is 1.66. The first-order valence-corrected chi connectivity index (χ1v) is 11.6. The number of esters is 1. The summed E-state index contributed by atoms with van der Waals surface area (Å²) in [5.74, 6) is -0.452. The topological polar surface area (TPSA) is 74.4 Å². The smallest absolute Gasteiger partial charge is 0.339 e. The van der Waals surface area contributed by atoms with Gasteiger partial charge in [-0.1, -0.05) is 29.8 Å². The molecular weight excluding hydrogens is 454 g/mol. The Labute approximate surface area is 200 Å². The molecule has 8 heteroatoms. The molecule has 0 aliphatic rings. The second-order valence-corrected chi connectivity index (χ2v) is 9.04. The number of aromatic amines is 1. The minimum absolute atomic E-state index is 0.153. The normalized spacial score (nSPS) is 10.7. The molecule has 0 atom stereocenters. The zero-order valence-corrected chi connectivity index (χ0v) is 19.9. The number of para-hydroxylation sites is 1. The Morgan fingerprint density at radius 2 is 1.94 bits per heavy atom. The molecule has 4 rings (SSSR count). The molecule has 0 radical (unpaired) electrons. The predicted octanol–water partition coefficient (Wildman–Crippen LogP) is 5.08. The third kappa shape index (κ3) is 5.30. The van der Waals surface area contributed by atoms with Crippen LogP contribution in [0.2, 0.25) is 0 Å². The molecule has 0 bridgehead atoms. The van der Waals surface area contributed by atoms with Crippen LogP contribution in [0.5, 0.6) is 0 Å². The van der Waals surface area contributed by atoms with Crippen molar-refractivity contribution in [3.63, 3.8) is 0 Å². The third-order valence-corrected chi connectivity index (χ3v) is 6.45. The monoisotopic (exact) mass is 477 g/mol. The molecular formula is C25H23N3O3S2. The fourth-order valence-electron chi connectivity index (χ4n) is 3.56. The van der Waals surface area contributed by atoms with Crippen molar-refractivity contribution in [3.8, 4) is 0 Å². The predicted molar refractivity (Wildman–Crippen MR) is 137 cm³/mol.